The van der Waals surface area contributed by atoms with E-state index < -0.39 is 0 Å². The average molecular weight is 213 g/mol. The number of thioether (sulfide) groups is 1. The minimum Gasteiger partial charge on any atom is -0.422 e. The number of nitrogens with one attached hydrogen (secondary N) is 1. The minimum atomic E-state index is 0.141. The maximum atomic E-state index is 5.61. The highest BCUT2D eigenvalue weighted by Crippen LogP contribution is 2.39. The van der Waals surface area contributed by atoms with Crippen molar-refractivity contribution < 1.29 is 4.42 Å². The van der Waals surface area contributed by atoms with Crippen LogP contribution in [0.4, 0.5) is 0 Å². The molecule has 4 nitrogen and oxygen atoms in total. The molecule has 0 amide bonds. The van der Waals surface area contributed by atoms with Crippen LogP contribution in [-0.2, 0) is 0 Å². The van der Waals surface area contributed by atoms with Crippen LogP contribution in [0.25, 0.3) is 0 Å². The molecular formula is C9H15N3OS. The summed E-state index contributed by atoms with van der Waals surface area (Å²) >= 11 is 1.91. The minimum absolute atomic E-state index is 0.141. The van der Waals surface area contributed by atoms with Crippen LogP contribution in [0, 0.1) is 0 Å². The molecule has 0 radical (unpaired) electrons. The lowest BCUT2D eigenvalue weighted by Gasteiger charge is -2.03. The Morgan fingerprint density at radius 2 is 2.43 bits per heavy atom. The van der Waals surface area contributed by atoms with Crippen molar-refractivity contribution in [1.82, 2.24) is 15.5 Å². The zero-order valence-electron chi connectivity index (χ0n) is 8.49. The fourth-order valence-electron chi connectivity index (χ4n) is 1.45. The van der Waals surface area contributed by atoms with Crippen LogP contribution in [-0.4, -0.2) is 23.0 Å². The quantitative estimate of drug-likeness (QED) is 0.831. The van der Waals surface area contributed by atoms with E-state index in [9.17, 15) is 0 Å². The van der Waals surface area contributed by atoms with Crippen LogP contribution < -0.4 is 5.32 Å². The van der Waals surface area contributed by atoms with Crippen molar-refractivity contribution in [3.05, 3.63) is 11.8 Å². The number of rotatable bonds is 3. The molecule has 0 spiro atoms. The lowest BCUT2D eigenvalue weighted by Crippen LogP contribution is -2.12. The van der Waals surface area contributed by atoms with Gasteiger partial charge in [-0.25, -0.2) is 0 Å². The molecule has 1 fully saturated rings. The predicted molar refractivity (Wildman–Crippen MR) is 56.2 cm³/mol. The zero-order valence-corrected chi connectivity index (χ0v) is 9.30. The normalized spacial score (nSPS) is 24.0. The average Bonchev–Trinajstić information content (AvgIpc) is 2.86. The second-order valence-electron chi connectivity index (χ2n) is 3.49. The van der Waals surface area contributed by atoms with Gasteiger partial charge in [0.25, 0.3) is 0 Å². The third-order valence-corrected chi connectivity index (χ3v) is 3.83. The van der Waals surface area contributed by atoms with Gasteiger partial charge in [-0.3, -0.25) is 0 Å². The molecule has 0 saturated carbocycles. The van der Waals surface area contributed by atoms with Crippen molar-refractivity contribution in [2.45, 2.75) is 31.1 Å². The summed E-state index contributed by atoms with van der Waals surface area (Å²) in [7, 11) is 1.89. The van der Waals surface area contributed by atoms with Crippen molar-refractivity contribution in [3.8, 4) is 0 Å². The second kappa shape index (κ2) is 4.31. The summed E-state index contributed by atoms with van der Waals surface area (Å²) in [4.78, 5) is 0. The number of nitrogens with zero attached hydrogens (tertiary/aromatic N) is 2. The van der Waals surface area contributed by atoms with Gasteiger partial charge < -0.3 is 9.73 Å². The molecule has 0 aliphatic carbocycles. The first kappa shape index (κ1) is 9.98. The Morgan fingerprint density at radius 3 is 3.07 bits per heavy atom. The molecule has 1 aromatic rings. The summed E-state index contributed by atoms with van der Waals surface area (Å²) in [5, 5.41) is 11.6. The topological polar surface area (TPSA) is 51.0 Å². The fraction of sp³-hybridized carbons (Fsp3) is 0.778. The standard InChI is InChI=1S/C9H15N3OS/c1-6(10-2)8-11-12-9(13-8)7-4-3-5-14-7/h6-7,10H,3-5H2,1-2H3. The molecule has 2 atom stereocenters. The van der Waals surface area contributed by atoms with Crippen LogP contribution >= 0.6 is 11.8 Å². The molecule has 2 unspecified atom stereocenters. The molecule has 5 heteroatoms. The van der Waals surface area contributed by atoms with Gasteiger partial charge in [-0.05, 0) is 32.6 Å². The fourth-order valence-corrected chi connectivity index (χ4v) is 2.64. The van der Waals surface area contributed by atoms with Crippen LogP contribution in [0.1, 0.15) is 42.8 Å². The van der Waals surface area contributed by atoms with Gasteiger partial charge in [-0.2, -0.15) is 0 Å². The highest BCUT2D eigenvalue weighted by molar-refractivity contribution is 7.99. The van der Waals surface area contributed by atoms with E-state index >= 15 is 0 Å². The number of hydrogen-bond donors (Lipinski definition) is 1. The molecule has 1 aromatic heterocycles. The molecule has 14 heavy (non-hydrogen) atoms. The summed E-state index contributed by atoms with van der Waals surface area (Å²) < 4.78 is 5.61. The van der Waals surface area contributed by atoms with E-state index in [1.807, 2.05) is 25.7 Å². The first-order chi connectivity index (χ1) is 6.81. The lowest BCUT2D eigenvalue weighted by atomic mass is 10.2. The molecule has 1 aliphatic heterocycles. The van der Waals surface area contributed by atoms with Crippen molar-refractivity contribution in [2.24, 2.45) is 0 Å². The molecule has 0 bridgehead atoms. The van der Waals surface area contributed by atoms with Crippen LogP contribution in [0.2, 0.25) is 0 Å². The van der Waals surface area contributed by atoms with Gasteiger partial charge in [0.1, 0.15) is 0 Å². The van der Waals surface area contributed by atoms with E-state index in [0.717, 1.165) is 5.89 Å². The Morgan fingerprint density at radius 1 is 1.57 bits per heavy atom. The first-order valence-corrected chi connectivity index (χ1v) is 5.98. The van der Waals surface area contributed by atoms with Gasteiger partial charge in [-0.1, -0.05) is 0 Å². The van der Waals surface area contributed by atoms with Crippen molar-refractivity contribution in [2.75, 3.05) is 12.8 Å². The van der Waals surface area contributed by atoms with E-state index in [4.69, 9.17) is 4.42 Å². The van der Waals surface area contributed by atoms with E-state index in [-0.39, 0.29) is 6.04 Å². The molecule has 2 rings (SSSR count). The Labute approximate surface area is 87.9 Å². The Kier molecular flexibility index (Phi) is 3.08. The van der Waals surface area contributed by atoms with Gasteiger partial charge in [0.2, 0.25) is 11.8 Å². The molecule has 1 aliphatic rings. The maximum absolute atomic E-state index is 5.61. The van der Waals surface area contributed by atoms with Gasteiger partial charge in [0.15, 0.2) is 0 Å². The molecule has 1 N–H and O–H groups in total. The van der Waals surface area contributed by atoms with Crippen LogP contribution in [0.5, 0.6) is 0 Å². The van der Waals surface area contributed by atoms with Crippen molar-refractivity contribution in [3.63, 3.8) is 0 Å². The first-order valence-electron chi connectivity index (χ1n) is 4.93. The van der Waals surface area contributed by atoms with E-state index in [2.05, 4.69) is 15.5 Å². The monoisotopic (exact) mass is 213 g/mol. The number of hydrogen-bond acceptors (Lipinski definition) is 5. The molecule has 1 saturated heterocycles. The van der Waals surface area contributed by atoms with Crippen molar-refractivity contribution in [1.29, 1.82) is 0 Å². The van der Waals surface area contributed by atoms with E-state index in [0.29, 0.717) is 11.1 Å². The Hall–Kier alpha value is -0.550. The number of aromatic nitrogens is 2. The highest BCUT2D eigenvalue weighted by Gasteiger charge is 2.24. The predicted octanol–water partition coefficient (Wildman–Crippen LogP) is 1.92. The lowest BCUT2D eigenvalue weighted by molar-refractivity contribution is 0.402. The Balaban J connectivity index is 2.08. The van der Waals surface area contributed by atoms with Crippen LogP contribution in [0.3, 0.4) is 0 Å². The molecule has 78 valence electrons. The SMILES string of the molecule is CNC(C)c1nnc(C2CCCS2)o1. The summed E-state index contributed by atoms with van der Waals surface area (Å²) in [5.74, 6) is 2.70. The van der Waals surface area contributed by atoms with Gasteiger partial charge >= 0.3 is 0 Å². The van der Waals surface area contributed by atoms with E-state index in [1.165, 1.54) is 18.6 Å². The summed E-state index contributed by atoms with van der Waals surface area (Å²) in [5.41, 5.74) is 0. The van der Waals surface area contributed by atoms with E-state index in [1.54, 1.807) is 0 Å². The van der Waals surface area contributed by atoms with Gasteiger partial charge in [0, 0.05) is 0 Å². The summed E-state index contributed by atoms with van der Waals surface area (Å²) in [6, 6.07) is 0.141. The smallest absolute Gasteiger partial charge is 0.233 e. The van der Waals surface area contributed by atoms with Gasteiger partial charge in [0.05, 0.1) is 11.3 Å². The summed E-state index contributed by atoms with van der Waals surface area (Å²) in [6.45, 7) is 2.01. The molecule has 2 heterocycles. The molecule has 0 aromatic carbocycles. The highest BCUT2D eigenvalue weighted by atomic mass is 32.2. The van der Waals surface area contributed by atoms with Crippen molar-refractivity contribution >= 4 is 11.8 Å². The van der Waals surface area contributed by atoms with Gasteiger partial charge in [-0.15, -0.1) is 22.0 Å². The third-order valence-electron chi connectivity index (χ3n) is 2.46. The Bertz CT molecular complexity index is 296. The third kappa shape index (κ3) is 1.93. The van der Waals surface area contributed by atoms with Crippen LogP contribution in [0.15, 0.2) is 4.42 Å². The summed E-state index contributed by atoms with van der Waals surface area (Å²) in [6.07, 6.45) is 2.43. The largest absolute Gasteiger partial charge is 0.422 e. The molecular weight excluding hydrogens is 198 g/mol. The zero-order chi connectivity index (χ0) is 9.97. The maximum Gasteiger partial charge on any atom is 0.233 e. The second-order valence-corrected chi connectivity index (χ2v) is 4.80.